The third kappa shape index (κ3) is 3.57. The van der Waals surface area contributed by atoms with Crippen LogP contribution in [-0.4, -0.2) is 31.1 Å². The number of amides is 1. The molecule has 0 radical (unpaired) electrons. The molecule has 0 saturated carbocycles. The highest BCUT2D eigenvalue weighted by molar-refractivity contribution is 8.00. The van der Waals surface area contributed by atoms with Crippen molar-refractivity contribution in [1.29, 1.82) is 0 Å². The van der Waals surface area contributed by atoms with Crippen molar-refractivity contribution in [3.63, 3.8) is 0 Å². The highest BCUT2D eigenvalue weighted by Crippen LogP contribution is 2.29. The summed E-state index contributed by atoms with van der Waals surface area (Å²) >= 11 is 13.3. The SMILES string of the molecule is CC(Sc1ncnc2nc[nH]c12)C(=O)Nc1cc(Cl)ccc1Cl. The summed E-state index contributed by atoms with van der Waals surface area (Å²) < 4.78 is 0. The van der Waals surface area contributed by atoms with E-state index in [0.717, 1.165) is 0 Å². The number of carbonyl (C=O) groups excluding carboxylic acids is 1. The lowest BCUT2D eigenvalue weighted by molar-refractivity contribution is -0.115. The molecule has 1 aromatic carbocycles. The molecular weight excluding hydrogens is 357 g/mol. The number of nitrogens with zero attached hydrogens (tertiary/aromatic N) is 3. The molecule has 0 saturated heterocycles. The van der Waals surface area contributed by atoms with Crippen molar-refractivity contribution in [3.8, 4) is 0 Å². The maximum Gasteiger partial charge on any atom is 0.237 e. The normalized spacial score (nSPS) is 12.3. The zero-order valence-corrected chi connectivity index (χ0v) is 14.2. The van der Waals surface area contributed by atoms with Crippen LogP contribution >= 0.6 is 35.0 Å². The lowest BCUT2D eigenvalue weighted by Crippen LogP contribution is -2.22. The quantitative estimate of drug-likeness (QED) is 0.541. The van der Waals surface area contributed by atoms with Crippen molar-refractivity contribution in [2.24, 2.45) is 0 Å². The standard InChI is InChI=1S/C14H11Cl2N5OS/c1-7(13(22)21-10-4-8(15)2-3-9(10)16)23-14-11-12(18-5-17-11)19-6-20-14/h2-7H,1H3,(H,21,22)(H,17,18,19,20). The molecule has 9 heteroatoms. The van der Waals surface area contributed by atoms with Crippen LogP contribution in [0.3, 0.4) is 0 Å². The van der Waals surface area contributed by atoms with Crippen molar-refractivity contribution in [2.45, 2.75) is 17.2 Å². The molecule has 2 aromatic heterocycles. The number of fused-ring (bicyclic) bond motifs is 1. The number of aromatic amines is 1. The Kier molecular flexibility index (Phi) is 4.70. The van der Waals surface area contributed by atoms with Gasteiger partial charge < -0.3 is 10.3 Å². The fourth-order valence-corrected chi connectivity index (χ4v) is 3.09. The van der Waals surface area contributed by atoms with Gasteiger partial charge in [0.05, 0.1) is 22.3 Å². The summed E-state index contributed by atoms with van der Waals surface area (Å²) in [5.41, 5.74) is 1.75. The number of halogens is 2. The van der Waals surface area contributed by atoms with Gasteiger partial charge in [0.1, 0.15) is 16.9 Å². The molecular formula is C14H11Cl2N5OS. The number of aromatic nitrogens is 4. The minimum Gasteiger partial charge on any atom is -0.341 e. The first kappa shape index (κ1) is 16.0. The van der Waals surface area contributed by atoms with Gasteiger partial charge in [-0.1, -0.05) is 35.0 Å². The van der Waals surface area contributed by atoms with Crippen LogP contribution in [0.5, 0.6) is 0 Å². The second-order valence-corrected chi connectivity index (χ2v) is 6.83. The largest absolute Gasteiger partial charge is 0.341 e. The van der Waals surface area contributed by atoms with E-state index in [1.54, 1.807) is 31.5 Å². The Hall–Kier alpha value is -1.83. The van der Waals surface area contributed by atoms with Gasteiger partial charge in [0.2, 0.25) is 5.91 Å². The summed E-state index contributed by atoms with van der Waals surface area (Å²) in [6.45, 7) is 1.78. The fraction of sp³-hybridized carbons (Fsp3) is 0.143. The van der Waals surface area contributed by atoms with Crippen molar-refractivity contribution >= 4 is 57.7 Å². The van der Waals surface area contributed by atoms with Crippen molar-refractivity contribution in [3.05, 3.63) is 40.9 Å². The molecule has 3 aromatic rings. The second kappa shape index (κ2) is 6.74. The van der Waals surface area contributed by atoms with Crippen LogP contribution in [0.4, 0.5) is 5.69 Å². The smallest absolute Gasteiger partial charge is 0.237 e. The Morgan fingerprint density at radius 1 is 1.30 bits per heavy atom. The summed E-state index contributed by atoms with van der Waals surface area (Å²) in [5, 5.41) is 3.96. The van der Waals surface area contributed by atoms with Crippen LogP contribution in [-0.2, 0) is 4.79 Å². The average Bonchev–Trinajstić information content (AvgIpc) is 3.00. The second-order valence-electron chi connectivity index (χ2n) is 4.65. The van der Waals surface area contributed by atoms with E-state index in [2.05, 4.69) is 25.3 Å². The third-order valence-corrected chi connectivity index (χ3v) is 4.70. The average molecular weight is 368 g/mol. The maximum absolute atomic E-state index is 12.4. The van der Waals surface area contributed by atoms with Crippen LogP contribution in [0, 0.1) is 0 Å². The Labute approximate surface area is 146 Å². The molecule has 0 aliphatic rings. The number of H-pyrrole nitrogens is 1. The number of anilines is 1. The lowest BCUT2D eigenvalue weighted by Gasteiger charge is -2.13. The molecule has 0 spiro atoms. The molecule has 1 amide bonds. The Bertz CT molecular complexity index is 869. The molecule has 0 aliphatic heterocycles. The van der Waals surface area contributed by atoms with Gasteiger partial charge in [-0.25, -0.2) is 15.0 Å². The van der Waals surface area contributed by atoms with E-state index in [9.17, 15) is 4.79 Å². The fourth-order valence-electron chi connectivity index (χ4n) is 1.88. The van der Waals surface area contributed by atoms with E-state index in [0.29, 0.717) is 31.9 Å². The summed E-state index contributed by atoms with van der Waals surface area (Å²) in [6, 6.07) is 4.90. The highest BCUT2D eigenvalue weighted by Gasteiger charge is 2.18. The van der Waals surface area contributed by atoms with E-state index in [1.165, 1.54) is 18.1 Å². The first-order valence-corrected chi connectivity index (χ1v) is 8.25. The predicted molar refractivity (Wildman–Crippen MR) is 92.1 cm³/mol. The van der Waals surface area contributed by atoms with Gasteiger partial charge in [-0.15, -0.1) is 0 Å². The summed E-state index contributed by atoms with van der Waals surface area (Å²) in [7, 11) is 0. The minimum absolute atomic E-state index is 0.203. The van der Waals surface area contributed by atoms with Gasteiger partial charge in [0, 0.05) is 5.02 Å². The molecule has 2 heterocycles. The molecule has 3 rings (SSSR count). The number of hydrogen-bond acceptors (Lipinski definition) is 5. The number of rotatable bonds is 4. The minimum atomic E-state index is -0.397. The maximum atomic E-state index is 12.4. The van der Waals surface area contributed by atoms with Crippen LogP contribution in [0.25, 0.3) is 11.2 Å². The number of carbonyl (C=O) groups is 1. The van der Waals surface area contributed by atoms with Crippen LogP contribution in [0.15, 0.2) is 35.9 Å². The Morgan fingerprint density at radius 2 is 2.13 bits per heavy atom. The molecule has 23 heavy (non-hydrogen) atoms. The van der Waals surface area contributed by atoms with E-state index < -0.39 is 5.25 Å². The van der Waals surface area contributed by atoms with Gasteiger partial charge in [-0.3, -0.25) is 4.79 Å². The van der Waals surface area contributed by atoms with Crippen molar-refractivity contribution in [2.75, 3.05) is 5.32 Å². The van der Waals surface area contributed by atoms with Gasteiger partial charge >= 0.3 is 0 Å². The highest BCUT2D eigenvalue weighted by atomic mass is 35.5. The van der Waals surface area contributed by atoms with Crippen molar-refractivity contribution < 1.29 is 4.79 Å². The molecule has 6 nitrogen and oxygen atoms in total. The molecule has 0 bridgehead atoms. The Balaban J connectivity index is 1.75. The van der Waals surface area contributed by atoms with Gasteiger partial charge in [0.25, 0.3) is 0 Å². The van der Waals surface area contributed by atoms with Gasteiger partial charge in [-0.2, -0.15) is 0 Å². The first-order valence-electron chi connectivity index (χ1n) is 6.61. The molecule has 2 N–H and O–H groups in total. The van der Waals surface area contributed by atoms with Gasteiger partial charge in [0.15, 0.2) is 5.65 Å². The van der Waals surface area contributed by atoms with Crippen LogP contribution < -0.4 is 5.32 Å². The van der Waals surface area contributed by atoms with E-state index in [-0.39, 0.29) is 5.91 Å². The number of thioether (sulfide) groups is 1. The predicted octanol–water partition coefficient (Wildman–Crippen LogP) is 3.78. The summed E-state index contributed by atoms with van der Waals surface area (Å²) in [4.78, 5) is 27.6. The first-order chi connectivity index (χ1) is 11.0. The van der Waals surface area contributed by atoms with Crippen LogP contribution in [0.2, 0.25) is 10.0 Å². The number of benzene rings is 1. The Morgan fingerprint density at radius 3 is 2.96 bits per heavy atom. The van der Waals surface area contributed by atoms with Crippen molar-refractivity contribution in [1.82, 2.24) is 19.9 Å². The summed E-state index contributed by atoms with van der Waals surface area (Å²) in [6.07, 6.45) is 2.96. The molecule has 1 atom stereocenters. The van der Waals surface area contributed by atoms with E-state index in [1.807, 2.05) is 0 Å². The van der Waals surface area contributed by atoms with E-state index >= 15 is 0 Å². The molecule has 0 fully saturated rings. The monoisotopic (exact) mass is 367 g/mol. The van der Waals surface area contributed by atoms with Crippen LogP contribution in [0.1, 0.15) is 6.92 Å². The zero-order valence-electron chi connectivity index (χ0n) is 11.9. The number of hydrogen-bond donors (Lipinski definition) is 2. The molecule has 1 unspecified atom stereocenters. The summed E-state index contributed by atoms with van der Waals surface area (Å²) in [5.74, 6) is -0.203. The van der Waals surface area contributed by atoms with E-state index in [4.69, 9.17) is 23.2 Å². The van der Waals surface area contributed by atoms with Gasteiger partial charge in [-0.05, 0) is 25.1 Å². The molecule has 118 valence electrons. The number of imidazole rings is 1. The zero-order chi connectivity index (χ0) is 16.4. The number of nitrogens with one attached hydrogen (secondary N) is 2. The third-order valence-electron chi connectivity index (χ3n) is 3.03. The topological polar surface area (TPSA) is 83.6 Å². The molecule has 0 aliphatic carbocycles. The lowest BCUT2D eigenvalue weighted by atomic mass is 10.3.